The SMILES string of the molecule is CC.Cc1ccnc(NC(=O)OC(C)(C)C)c1. The molecule has 0 atom stereocenters. The highest BCUT2D eigenvalue weighted by molar-refractivity contribution is 5.83. The molecule has 1 aromatic rings. The molecule has 4 nitrogen and oxygen atoms in total. The Kier molecular flexibility index (Phi) is 6.25. The molecule has 1 N–H and O–H groups in total. The van der Waals surface area contributed by atoms with E-state index in [0.717, 1.165) is 5.56 Å². The molecule has 0 aromatic carbocycles. The summed E-state index contributed by atoms with van der Waals surface area (Å²) in [5.41, 5.74) is 0.546. The summed E-state index contributed by atoms with van der Waals surface area (Å²) in [4.78, 5) is 15.4. The molecule has 0 aliphatic rings. The molecule has 0 aliphatic carbocycles. The molecule has 0 radical (unpaired) electrons. The lowest BCUT2D eigenvalue weighted by Crippen LogP contribution is -2.27. The average molecular weight is 238 g/mol. The van der Waals surface area contributed by atoms with Crippen LogP contribution in [0.3, 0.4) is 0 Å². The molecule has 0 spiro atoms. The van der Waals surface area contributed by atoms with Gasteiger partial charge in [0.2, 0.25) is 0 Å². The lowest BCUT2D eigenvalue weighted by atomic mass is 10.2. The number of carbonyl (C=O) groups is 1. The van der Waals surface area contributed by atoms with Crippen molar-refractivity contribution in [3.05, 3.63) is 23.9 Å². The van der Waals surface area contributed by atoms with E-state index in [2.05, 4.69) is 10.3 Å². The van der Waals surface area contributed by atoms with Gasteiger partial charge in [-0.1, -0.05) is 13.8 Å². The Morgan fingerprint density at radius 1 is 1.35 bits per heavy atom. The largest absolute Gasteiger partial charge is 0.444 e. The number of pyridine rings is 1. The molecule has 96 valence electrons. The zero-order valence-electron chi connectivity index (χ0n) is 11.5. The monoisotopic (exact) mass is 238 g/mol. The first-order valence-electron chi connectivity index (χ1n) is 5.79. The second-order valence-corrected chi connectivity index (χ2v) is 4.35. The van der Waals surface area contributed by atoms with Crippen molar-refractivity contribution in [1.82, 2.24) is 4.98 Å². The van der Waals surface area contributed by atoms with Crippen molar-refractivity contribution in [3.63, 3.8) is 0 Å². The predicted octanol–water partition coefficient (Wildman–Crippen LogP) is 3.76. The van der Waals surface area contributed by atoms with Crippen molar-refractivity contribution in [2.75, 3.05) is 5.32 Å². The molecule has 0 saturated heterocycles. The van der Waals surface area contributed by atoms with Crippen LogP contribution in [-0.4, -0.2) is 16.7 Å². The van der Waals surface area contributed by atoms with Gasteiger partial charge in [-0.15, -0.1) is 0 Å². The zero-order valence-corrected chi connectivity index (χ0v) is 11.5. The minimum Gasteiger partial charge on any atom is -0.444 e. The van der Waals surface area contributed by atoms with Gasteiger partial charge in [0.25, 0.3) is 0 Å². The number of carbonyl (C=O) groups excluding carboxylic acids is 1. The first-order chi connectivity index (χ1) is 7.87. The molecule has 0 saturated carbocycles. The molecule has 0 fully saturated rings. The quantitative estimate of drug-likeness (QED) is 0.810. The van der Waals surface area contributed by atoms with Crippen LogP contribution in [0.25, 0.3) is 0 Å². The molecule has 17 heavy (non-hydrogen) atoms. The molecule has 4 heteroatoms. The van der Waals surface area contributed by atoms with Gasteiger partial charge in [0.15, 0.2) is 0 Å². The fourth-order valence-corrected chi connectivity index (χ4v) is 1.01. The van der Waals surface area contributed by atoms with Crippen molar-refractivity contribution in [3.8, 4) is 0 Å². The lowest BCUT2D eigenvalue weighted by molar-refractivity contribution is 0.0635. The van der Waals surface area contributed by atoms with Gasteiger partial charge in [0, 0.05) is 6.20 Å². The van der Waals surface area contributed by atoms with Crippen LogP contribution in [0.5, 0.6) is 0 Å². The highest BCUT2D eigenvalue weighted by atomic mass is 16.6. The number of aromatic nitrogens is 1. The van der Waals surface area contributed by atoms with Crippen molar-refractivity contribution in [2.45, 2.75) is 47.1 Å². The van der Waals surface area contributed by atoms with E-state index in [-0.39, 0.29) is 0 Å². The molecule has 0 bridgehead atoms. The summed E-state index contributed by atoms with van der Waals surface area (Å²) in [7, 11) is 0. The summed E-state index contributed by atoms with van der Waals surface area (Å²) in [6, 6.07) is 3.64. The highest BCUT2D eigenvalue weighted by Gasteiger charge is 2.16. The van der Waals surface area contributed by atoms with Gasteiger partial charge in [-0.3, -0.25) is 5.32 Å². The summed E-state index contributed by atoms with van der Waals surface area (Å²) < 4.78 is 5.09. The molecule has 1 rings (SSSR count). The van der Waals surface area contributed by atoms with Crippen LogP contribution in [0.1, 0.15) is 40.2 Å². The molecule has 1 amide bonds. The third-order valence-corrected chi connectivity index (χ3v) is 1.54. The number of hydrogen-bond donors (Lipinski definition) is 1. The van der Waals surface area contributed by atoms with Crippen LogP contribution in [0.15, 0.2) is 18.3 Å². The minimum absolute atomic E-state index is 0.486. The zero-order chi connectivity index (χ0) is 13.5. The molecular formula is C13H22N2O2. The van der Waals surface area contributed by atoms with E-state index >= 15 is 0 Å². The highest BCUT2D eigenvalue weighted by Crippen LogP contribution is 2.10. The molecule has 0 unspecified atom stereocenters. The third-order valence-electron chi connectivity index (χ3n) is 1.54. The number of anilines is 1. The Hall–Kier alpha value is -1.58. The Labute approximate surface area is 103 Å². The van der Waals surface area contributed by atoms with Crippen LogP contribution in [0.4, 0.5) is 10.6 Å². The number of rotatable bonds is 1. The Morgan fingerprint density at radius 3 is 2.41 bits per heavy atom. The summed E-state index contributed by atoms with van der Waals surface area (Å²) in [5.74, 6) is 0.504. The molecule has 1 aromatic heterocycles. The van der Waals surface area contributed by atoms with E-state index in [1.54, 1.807) is 12.3 Å². The molecule has 0 aliphatic heterocycles. The van der Waals surface area contributed by atoms with Crippen molar-refractivity contribution in [2.24, 2.45) is 0 Å². The van der Waals surface area contributed by atoms with Gasteiger partial charge in [0.05, 0.1) is 0 Å². The number of ether oxygens (including phenoxy) is 1. The number of amides is 1. The second-order valence-electron chi connectivity index (χ2n) is 4.35. The van der Waals surface area contributed by atoms with E-state index in [9.17, 15) is 4.79 Å². The number of nitrogens with zero attached hydrogens (tertiary/aromatic N) is 1. The number of nitrogens with one attached hydrogen (secondary N) is 1. The number of aryl methyl sites for hydroxylation is 1. The second kappa shape index (κ2) is 6.89. The van der Waals surface area contributed by atoms with Gasteiger partial charge < -0.3 is 4.74 Å². The van der Waals surface area contributed by atoms with Crippen LogP contribution < -0.4 is 5.32 Å². The third kappa shape index (κ3) is 7.33. The standard InChI is InChI=1S/C11H16N2O2.C2H6/c1-8-5-6-12-9(7-8)13-10(14)15-11(2,3)4;1-2/h5-7H,1-4H3,(H,12,13,14);1-2H3. The van der Waals surface area contributed by atoms with Crippen LogP contribution in [0.2, 0.25) is 0 Å². The number of hydrogen-bond acceptors (Lipinski definition) is 3. The van der Waals surface area contributed by atoms with Gasteiger partial charge in [0.1, 0.15) is 11.4 Å². The average Bonchev–Trinajstić information content (AvgIpc) is 2.17. The smallest absolute Gasteiger partial charge is 0.413 e. The fraction of sp³-hybridized carbons (Fsp3) is 0.538. The van der Waals surface area contributed by atoms with E-state index in [0.29, 0.717) is 5.82 Å². The summed E-state index contributed by atoms with van der Waals surface area (Å²) in [6.07, 6.45) is 1.16. The topological polar surface area (TPSA) is 51.2 Å². The predicted molar refractivity (Wildman–Crippen MR) is 70.2 cm³/mol. The molecule has 1 heterocycles. The lowest BCUT2D eigenvalue weighted by Gasteiger charge is -2.19. The van der Waals surface area contributed by atoms with E-state index in [1.165, 1.54) is 0 Å². The Bertz CT molecular complexity index is 357. The maximum atomic E-state index is 11.4. The van der Waals surface area contributed by atoms with Gasteiger partial charge in [-0.05, 0) is 45.4 Å². The van der Waals surface area contributed by atoms with Crippen LogP contribution >= 0.6 is 0 Å². The first kappa shape index (κ1) is 15.4. The van der Waals surface area contributed by atoms with E-state index < -0.39 is 11.7 Å². The van der Waals surface area contributed by atoms with E-state index in [4.69, 9.17) is 4.74 Å². The summed E-state index contributed by atoms with van der Waals surface area (Å²) in [6.45, 7) is 11.4. The van der Waals surface area contributed by atoms with Crippen LogP contribution in [0, 0.1) is 6.92 Å². The Morgan fingerprint density at radius 2 is 1.94 bits per heavy atom. The maximum Gasteiger partial charge on any atom is 0.413 e. The Balaban J connectivity index is 0.00000121. The first-order valence-corrected chi connectivity index (χ1v) is 5.79. The van der Waals surface area contributed by atoms with Gasteiger partial charge in [-0.25, -0.2) is 9.78 Å². The van der Waals surface area contributed by atoms with Crippen LogP contribution in [-0.2, 0) is 4.74 Å². The maximum absolute atomic E-state index is 11.4. The molecular weight excluding hydrogens is 216 g/mol. The van der Waals surface area contributed by atoms with Gasteiger partial charge in [-0.2, -0.15) is 0 Å². The summed E-state index contributed by atoms with van der Waals surface area (Å²) >= 11 is 0. The fourth-order valence-electron chi connectivity index (χ4n) is 1.01. The van der Waals surface area contributed by atoms with Gasteiger partial charge >= 0.3 is 6.09 Å². The van der Waals surface area contributed by atoms with Crippen molar-refractivity contribution < 1.29 is 9.53 Å². The van der Waals surface area contributed by atoms with E-state index in [1.807, 2.05) is 47.6 Å². The van der Waals surface area contributed by atoms with Crippen molar-refractivity contribution >= 4 is 11.9 Å². The normalized spacial score (nSPS) is 10.0. The van der Waals surface area contributed by atoms with Crippen molar-refractivity contribution in [1.29, 1.82) is 0 Å². The summed E-state index contributed by atoms with van der Waals surface area (Å²) in [5, 5.41) is 2.57. The minimum atomic E-state index is -0.492.